The molecule has 4 aromatic heterocycles. The molecule has 0 saturated carbocycles. The fraction of sp³-hybridized carbons (Fsp3) is 0.600. The molecule has 60 nitrogen and oxygen atoms in total. The van der Waals surface area contributed by atoms with Crippen LogP contribution in [-0.2, 0) is 117 Å². The zero-order valence-corrected chi connectivity index (χ0v) is 60.5. The number of nitrogens with one attached hydrogen (secondary N) is 4. The smallest absolute Gasteiger partial charge is 0.391 e. The Hall–Kier alpha value is -5.16. The van der Waals surface area contributed by atoms with E-state index in [4.69, 9.17) is 82.3 Å². The Morgan fingerprint density at radius 3 is 0.866 bits per heavy atom. The van der Waals surface area contributed by atoms with Gasteiger partial charge in [0.15, 0.2) is 24.9 Å². The molecule has 8 rings (SSSR count). The van der Waals surface area contributed by atoms with Crippen molar-refractivity contribution in [3.63, 3.8) is 0 Å². The number of aliphatic hydroxyl groups excluding tert-OH is 12. The Labute approximate surface area is 616 Å². The van der Waals surface area contributed by atoms with Gasteiger partial charge in [-0.05, 0) is 0 Å². The molecule has 20 atom stereocenters. The SMILES string of the molecule is O=c1[nH]c(=O)n([C@@H]2O[C@](F)(COP(=O)(O)OP(=O)(O)O)[C@@H](O)[C@H]2O)cc1CO.[2H]C([2H])(OP(=O)(O)OP(=O)(O)O)[C@@]1(F)O[C@@H](n2cc(CO)c(=O)[nH]c2=O)[C@H](O)[C@@H]1O.[2H]C([2H])(OP(=O)(O)OP(=O)(O)O)[C@@]1(F)O[C@@]([2H])(n2cc(CO)c(=O)[nH]c2=O)[C@H](O)[C@@H]1O.[2H][C@@]1(n2cc(CO)c(=O)[nH]c2=O)O[C@](F)(COP(=O)(O)OP(=O)(O)O)[C@@H](O)[C@H]1O. The molecule has 4 unspecified atom stereocenters. The van der Waals surface area contributed by atoms with Gasteiger partial charge < -0.3 is 139 Å². The fourth-order valence-corrected chi connectivity index (χ4v) is 14.5. The maximum absolute atomic E-state index is 15.3. The largest absolute Gasteiger partial charge is 0.481 e. The number of aromatic nitrogens is 8. The van der Waals surface area contributed by atoms with Crippen molar-refractivity contribution >= 4 is 62.6 Å². The zero-order chi connectivity index (χ0) is 91.4. The number of H-pyrrole nitrogens is 4. The minimum absolute atomic E-state index is 0.0318. The third-order valence-corrected chi connectivity index (χ3v) is 21.5. The molecule has 4 fully saturated rings. The van der Waals surface area contributed by atoms with E-state index < -0.39 is 274 Å². The van der Waals surface area contributed by atoms with Crippen LogP contribution in [0.2, 0.25) is 0 Å². The van der Waals surface area contributed by atoms with Crippen LogP contribution >= 0.6 is 62.6 Å². The first-order valence-corrected chi connectivity index (χ1v) is 40.0. The Morgan fingerprint density at radius 2 is 0.580 bits per heavy atom. The predicted molar refractivity (Wildman–Crippen MR) is 329 cm³/mol. The summed E-state index contributed by atoms with van der Waals surface area (Å²) >= 11 is 0. The summed E-state index contributed by atoms with van der Waals surface area (Å²) in [7, 11) is -45.7. The van der Waals surface area contributed by atoms with E-state index in [2.05, 4.69) is 49.5 Å². The van der Waals surface area contributed by atoms with E-state index in [0.29, 0.717) is 23.2 Å². The van der Waals surface area contributed by atoms with Crippen LogP contribution in [0.25, 0.3) is 0 Å². The first-order chi connectivity index (χ1) is 53.0. The molecule has 4 aliphatic rings. The summed E-state index contributed by atoms with van der Waals surface area (Å²) in [6.45, 7) is -15.7. The van der Waals surface area contributed by atoms with E-state index in [1.165, 1.54) is 0 Å². The van der Waals surface area contributed by atoms with Gasteiger partial charge in [0, 0.05) is 24.8 Å². The van der Waals surface area contributed by atoms with Crippen molar-refractivity contribution in [2.75, 3.05) is 26.3 Å². The van der Waals surface area contributed by atoms with E-state index >= 15 is 8.78 Å². The quantitative estimate of drug-likeness (QED) is 0.0185. The molecule has 28 N–H and O–H groups in total. The summed E-state index contributed by atoms with van der Waals surface area (Å²) in [5.41, 5.74) is -11.6. The summed E-state index contributed by atoms with van der Waals surface area (Å²) in [5, 5.41) is 116. The second kappa shape index (κ2) is 36.4. The second-order valence-corrected chi connectivity index (χ2v) is 32.5. The molecule has 0 radical (unpaired) electrons. The highest BCUT2D eigenvalue weighted by Gasteiger charge is 2.62. The maximum Gasteiger partial charge on any atom is 0.481 e. The van der Waals surface area contributed by atoms with Gasteiger partial charge in [-0.15, -0.1) is 0 Å². The van der Waals surface area contributed by atoms with Crippen LogP contribution in [0.4, 0.5) is 17.6 Å². The molecule has 4 aromatic rings. The number of phosphoric acid groups is 8. The highest BCUT2D eigenvalue weighted by molar-refractivity contribution is 7.62. The minimum Gasteiger partial charge on any atom is -0.391 e. The predicted octanol–water partition coefficient (Wildman–Crippen LogP) is -11.3. The minimum atomic E-state index is -6.08. The van der Waals surface area contributed by atoms with Gasteiger partial charge in [0.2, 0.25) is 0 Å². The van der Waals surface area contributed by atoms with Crippen LogP contribution in [0.15, 0.2) is 63.1 Å². The second-order valence-electron chi connectivity index (χ2n) is 21.3. The number of hydrogen-bond acceptors (Lipinski definition) is 40. The highest BCUT2D eigenvalue weighted by atomic mass is 31.3. The molecule has 0 spiro atoms. The summed E-state index contributed by atoms with van der Waals surface area (Å²) in [6.07, 6.45) is -29.7. The molecule has 72 heteroatoms. The van der Waals surface area contributed by atoms with Crippen molar-refractivity contribution in [1.82, 2.24) is 38.2 Å². The average Bonchev–Trinajstić information content (AvgIpc) is 1.55. The highest BCUT2D eigenvalue weighted by Crippen LogP contribution is 2.62. The van der Waals surface area contributed by atoms with E-state index in [1.54, 1.807) is 19.9 Å². The number of ether oxygens (including phenoxy) is 4. The molecular formula is C40H60F4N8O52P8. The number of aliphatic hydroxyl groups is 12. The van der Waals surface area contributed by atoms with E-state index in [-0.39, 0.29) is 19.3 Å². The number of phosphoric ester groups is 4. The standard InChI is InChI=1S/4C10H15FN2O13P2/c4*11-10(3-24-28(22,23)26-27(19,20)21)6(16)5(15)8(25-10)13-1-4(2-14)7(17)12-9(13)18/h4*1,5-6,8,14-16H,2-3H2,(H,22,23)(H,12,17,18)(H2,19,20,21)/t4*5-,6+,8-,10-/m1111/s1/i3D2,8D;8D;3D2;. The van der Waals surface area contributed by atoms with E-state index in [9.17, 15) is 134 Å². The summed E-state index contributed by atoms with van der Waals surface area (Å²) < 4.78 is 242. The van der Waals surface area contributed by atoms with Gasteiger partial charge in [-0.1, -0.05) is 0 Å². The molecule has 4 saturated heterocycles. The van der Waals surface area contributed by atoms with Crippen molar-refractivity contribution in [1.29, 1.82) is 0 Å². The number of rotatable bonds is 28. The monoisotopic (exact) mass is 1810 g/mol. The molecule has 0 aliphatic carbocycles. The van der Waals surface area contributed by atoms with Crippen LogP contribution in [0.5, 0.6) is 0 Å². The molecule has 0 bridgehead atoms. The van der Waals surface area contributed by atoms with Gasteiger partial charge in [-0.3, -0.25) is 75.5 Å². The van der Waals surface area contributed by atoms with Crippen molar-refractivity contribution in [3.05, 3.63) is 130 Å². The summed E-state index contributed by atoms with van der Waals surface area (Å²) in [4.78, 5) is 205. The van der Waals surface area contributed by atoms with Crippen LogP contribution in [0, 0.1) is 0 Å². The fourth-order valence-electron chi connectivity index (χ4n) is 8.37. The Kier molecular flexibility index (Phi) is 28.5. The third kappa shape index (κ3) is 25.4. The topological polar surface area (TPSA) is 952 Å². The van der Waals surface area contributed by atoms with Gasteiger partial charge >= 0.3 is 85.3 Å². The van der Waals surface area contributed by atoms with Gasteiger partial charge in [-0.2, -0.15) is 17.2 Å². The summed E-state index contributed by atoms with van der Waals surface area (Å²) in [5.74, 6) is -15.7. The first kappa shape index (κ1) is 87.7. The molecule has 0 aromatic carbocycles. The molecular weight excluding hydrogens is 1750 g/mol. The number of halogens is 4. The van der Waals surface area contributed by atoms with Crippen LogP contribution in [0.1, 0.15) is 55.3 Å². The molecule has 640 valence electrons. The van der Waals surface area contributed by atoms with Gasteiger partial charge in [-0.25, -0.2) is 73.3 Å². The Balaban J connectivity index is 0.000000280. The maximum atomic E-state index is 15.3. The molecule has 8 heterocycles. The van der Waals surface area contributed by atoms with E-state index in [1.807, 2.05) is 0 Å². The number of aromatic amines is 4. The van der Waals surface area contributed by atoms with Crippen molar-refractivity contribution in [3.8, 4) is 0 Å². The van der Waals surface area contributed by atoms with Gasteiger partial charge in [0.1, 0.15) is 75.2 Å². The lowest BCUT2D eigenvalue weighted by Crippen LogP contribution is -2.43. The van der Waals surface area contributed by atoms with Crippen molar-refractivity contribution < 1.29 is 237 Å². The lowest BCUT2D eigenvalue weighted by atomic mass is 10.1. The van der Waals surface area contributed by atoms with Gasteiger partial charge in [0.25, 0.3) is 45.7 Å². The van der Waals surface area contributed by atoms with E-state index in [0.717, 1.165) is 6.20 Å². The zero-order valence-electron chi connectivity index (χ0n) is 59.4. The van der Waals surface area contributed by atoms with Crippen molar-refractivity contribution in [2.24, 2.45) is 0 Å². The average molecular weight is 1810 g/mol. The number of alkyl halides is 4. The third-order valence-electron chi connectivity index (χ3n) is 13.2. The van der Waals surface area contributed by atoms with Crippen LogP contribution < -0.4 is 45.0 Å². The molecule has 0 amide bonds. The first-order valence-electron chi connectivity index (χ1n) is 30.9. The molecule has 112 heavy (non-hydrogen) atoms. The number of nitrogens with zero attached hydrogens (tertiary/aromatic N) is 4. The van der Waals surface area contributed by atoms with Crippen molar-refractivity contribution in [2.45, 2.75) is 124 Å². The van der Waals surface area contributed by atoms with Gasteiger partial charge in [0.05, 0.1) is 56.9 Å². The lowest BCUT2D eigenvalue weighted by molar-refractivity contribution is -0.205. The lowest BCUT2D eigenvalue weighted by Gasteiger charge is -2.23. The molecule has 4 aliphatic heterocycles. The number of hydrogen-bond donors (Lipinski definition) is 28. The normalized spacial score (nSPS) is 32.7. The Morgan fingerprint density at radius 1 is 0.366 bits per heavy atom. The Bertz CT molecular complexity index is 5320. The summed E-state index contributed by atoms with van der Waals surface area (Å²) in [6, 6.07) is 0. The van der Waals surface area contributed by atoms with Crippen LogP contribution in [-0.4, -0.2) is 257 Å². The van der Waals surface area contributed by atoms with Crippen LogP contribution in [0.3, 0.4) is 0 Å².